The second-order valence-corrected chi connectivity index (χ2v) is 10.6. The fraction of sp³-hybridized carbons (Fsp3) is 0.862. The maximum absolute atomic E-state index is 13.1. The van der Waals surface area contributed by atoms with Gasteiger partial charge in [0.15, 0.2) is 0 Å². The van der Waals surface area contributed by atoms with Crippen LogP contribution in [0.25, 0.3) is 0 Å². The summed E-state index contributed by atoms with van der Waals surface area (Å²) >= 11 is 0. The molecule has 0 aromatic rings. The monoisotopic (exact) mass is 466 g/mol. The summed E-state index contributed by atoms with van der Waals surface area (Å²) in [6.07, 6.45) is 16.7. The van der Waals surface area contributed by atoms with Gasteiger partial charge in [-0.3, -0.25) is 0 Å². The summed E-state index contributed by atoms with van der Waals surface area (Å²) in [5.41, 5.74) is 0.937. The minimum atomic E-state index is -0.332. The van der Waals surface area contributed by atoms with Gasteiger partial charge in [0, 0.05) is 11.1 Å². The summed E-state index contributed by atoms with van der Waals surface area (Å²) in [4.78, 5) is 26.1. The van der Waals surface area contributed by atoms with Gasteiger partial charge in [0.05, 0.1) is 13.2 Å². The van der Waals surface area contributed by atoms with E-state index in [-0.39, 0.29) is 17.4 Å². The highest BCUT2D eigenvalue weighted by Gasteiger charge is 2.27. The Morgan fingerprint density at radius 2 is 0.939 bits per heavy atom. The van der Waals surface area contributed by atoms with E-state index in [4.69, 9.17) is 9.47 Å². The Hall–Kier alpha value is -1.32. The van der Waals surface area contributed by atoms with Crippen LogP contribution in [0, 0.1) is 5.41 Å². The van der Waals surface area contributed by atoms with Gasteiger partial charge in [0.2, 0.25) is 0 Å². The van der Waals surface area contributed by atoms with Crippen molar-refractivity contribution in [3.8, 4) is 0 Å². The van der Waals surface area contributed by atoms with Crippen LogP contribution >= 0.6 is 0 Å². The van der Waals surface area contributed by atoms with E-state index in [1.165, 1.54) is 51.4 Å². The summed E-state index contributed by atoms with van der Waals surface area (Å²) in [6.45, 7) is 13.6. The Morgan fingerprint density at radius 1 is 0.545 bits per heavy atom. The van der Waals surface area contributed by atoms with Crippen molar-refractivity contribution in [3.63, 3.8) is 0 Å². The molecule has 0 unspecified atom stereocenters. The van der Waals surface area contributed by atoms with Crippen LogP contribution in [-0.2, 0) is 19.1 Å². The average Bonchev–Trinajstić information content (AvgIpc) is 2.76. The van der Waals surface area contributed by atoms with Gasteiger partial charge in [-0.05, 0) is 37.5 Å². The average molecular weight is 467 g/mol. The molecule has 0 amide bonds. The molecule has 0 bridgehead atoms. The quantitative estimate of drug-likeness (QED) is 0.102. The van der Waals surface area contributed by atoms with Crippen molar-refractivity contribution in [1.29, 1.82) is 0 Å². The number of unbranched alkanes of at least 4 members (excludes halogenated alkanes) is 11. The summed E-state index contributed by atoms with van der Waals surface area (Å²) in [5.74, 6) is -0.658. The fourth-order valence-corrected chi connectivity index (χ4v) is 3.83. The van der Waals surface area contributed by atoms with Crippen molar-refractivity contribution in [2.45, 2.75) is 144 Å². The summed E-state index contributed by atoms with van der Waals surface area (Å²) in [6, 6.07) is 0. The Labute approximate surface area is 205 Å². The van der Waals surface area contributed by atoms with Crippen LogP contribution in [0.15, 0.2) is 11.1 Å². The molecule has 0 aliphatic heterocycles. The minimum Gasteiger partial charge on any atom is -0.462 e. The lowest BCUT2D eigenvalue weighted by atomic mass is 9.85. The van der Waals surface area contributed by atoms with E-state index < -0.39 is 0 Å². The zero-order chi connectivity index (χ0) is 25.0. The Balaban J connectivity index is 5.08. The van der Waals surface area contributed by atoms with E-state index in [9.17, 15) is 9.59 Å². The van der Waals surface area contributed by atoms with Crippen molar-refractivity contribution in [2.24, 2.45) is 5.41 Å². The molecule has 0 aliphatic rings. The maximum atomic E-state index is 13.1. The molecule has 0 fully saturated rings. The van der Waals surface area contributed by atoms with Gasteiger partial charge in [-0.2, -0.15) is 0 Å². The molecule has 0 aromatic carbocycles. The largest absolute Gasteiger partial charge is 0.462 e. The number of esters is 2. The van der Waals surface area contributed by atoms with Crippen molar-refractivity contribution in [1.82, 2.24) is 0 Å². The van der Waals surface area contributed by atoms with Gasteiger partial charge in [0.25, 0.3) is 0 Å². The zero-order valence-electron chi connectivity index (χ0n) is 22.9. The molecule has 0 N–H and O–H groups in total. The lowest BCUT2D eigenvalue weighted by molar-refractivity contribution is -0.143. The number of hydrogen-bond donors (Lipinski definition) is 0. The first-order valence-corrected chi connectivity index (χ1v) is 13.8. The molecular formula is C29H54O4. The second-order valence-electron chi connectivity index (χ2n) is 10.6. The van der Waals surface area contributed by atoms with Gasteiger partial charge >= 0.3 is 11.9 Å². The predicted molar refractivity (Wildman–Crippen MR) is 139 cm³/mol. The van der Waals surface area contributed by atoms with Crippen molar-refractivity contribution < 1.29 is 19.1 Å². The van der Waals surface area contributed by atoms with Crippen molar-refractivity contribution in [3.05, 3.63) is 11.1 Å². The van der Waals surface area contributed by atoms with E-state index in [0.29, 0.717) is 37.2 Å². The Morgan fingerprint density at radius 3 is 1.36 bits per heavy atom. The number of carbonyl (C=O) groups is 2. The van der Waals surface area contributed by atoms with Crippen LogP contribution in [0.2, 0.25) is 0 Å². The van der Waals surface area contributed by atoms with E-state index in [2.05, 4.69) is 41.5 Å². The first kappa shape index (κ1) is 31.7. The smallest absolute Gasteiger partial charge is 0.334 e. The molecular weight excluding hydrogens is 412 g/mol. The molecule has 0 spiro atoms. The second kappa shape index (κ2) is 20.1. The lowest BCUT2D eigenvalue weighted by Gasteiger charge is -2.22. The van der Waals surface area contributed by atoms with Gasteiger partial charge in [0.1, 0.15) is 0 Å². The topological polar surface area (TPSA) is 52.6 Å². The first-order valence-electron chi connectivity index (χ1n) is 13.8. The van der Waals surface area contributed by atoms with E-state index in [1.807, 2.05) is 0 Å². The number of rotatable bonds is 20. The van der Waals surface area contributed by atoms with Gasteiger partial charge in [-0.15, -0.1) is 0 Å². The third kappa shape index (κ3) is 17.8. The highest BCUT2D eigenvalue weighted by Crippen LogP contribution is 2.29. The Kier molecular flexibility index (Phi) is 19.3. The maximum Gasteiger partial charge on any atom is 0.334 e. The molecule has 0 atom stereocenters. The molecule has 0 radical (unpaired) electrons. The molecule has 0 rings (SSSR count). The molecule has 4 heteroatoms. The summed E-state index contributed by atoms with van der Waals surface area (Å²) in [7, 11) is 0. The van der Waals surface area contributed by atoms with Gasteiger partial charge < -0.3 is 9.47 Å². The number of carbonyl (C=O) groups excluding carboxylic acids is 2. The minimum absolute atomic E-state index is 0.120. The van der Waals surface area contributed by atoms with Crippen molar-refractivity contribution in [2.75, 3.05) is 13.2 Å². The van der Waals surface area contributed by atoms with Gasteiger partial charge in [-0.1, -0.05) is 112 Å². The van der Waals surface area contributed by atoms with Gasteiger partial charge in [-0.25, -0.2) is 9.59 Å². The van der Waals surface area contributed by atoms with Crippen LogP contribution in [0.5, 0.6) is 0 Å². The van der Waals surface area contributed by atoms with E-state index >= 15 is 0 Å². The van der Waals surface area contributed by atoms with Crippen LogP contribution in [0.3, 0.4) is 0 Å². The highest BCUT2D eigenvalue weighted by molar-refractivity contribution is 6.00. The fourth-order valence-electron chi connectivity index (χ4n) is 3.83. The standard InChI is InChI=1S/C29H54O4/c1-7-10-13-15-17-19-22-32-27(30)25(21-12-9-3)26(24-29(4,5)6)28(31)33-23-20-18-16-14-11-8-2/h7-24H2,1-6H3/b26-25-. The number of hydrogen-bond acceptors (Lipinski definition) is 4. The number of ether oxygens (including phenoxy) is 2. The molecule has 0 saturated heterocycles. The molecule has 0 aliphatic carbocycles. The molecule has 4 nitrogen and oxygen atoms in total. The highest BCUT2D eigenvalue weighted by atomic mass is 16.5. The molecule has 33 heavy (non-hydrogen) atoms. The van der Waals surface area contributed by atoms with Crippen molar-refractivity contribution >= 4 is 11.9 Å². The molecule has 194 valence electrons. The summed E-state index contributed by atoms with van der Waals surface area (Å²) < 4.78 is 11.3. The van der Waals surface area contributed by atoms with E-state index in [0.717, 1.165) is 38.5 Å². The van der Waals surface area contributed by atoms with Crippen LogP contribution in [0.4, 0.5) is 0 Å². The third-order valence-corrected chi connectivity index (χ3v) is 5.81. The SMILES string of the molecule is CCCCCCCCOC(=O)/C(CCCC)=C(/CC(C)(C)C)C(=O)OCCCCCCCC. The van der Waals surface area contributed by atoms with Crippen LogP contribution < -0.4 is 0 Å². The first-order chi connectivity index (χ1) is 15.8. The van der Waals surface area contributed by atoms with Crippen LogP contribution in [-0.4, -0.2) is 25.2 Å². The Bertz CT molecular complexity index is 542. The zero-order valence-corrected chi connectivity index (χ0v) is 22.9. The predicted octanol–water partition coefficient (Wildman–Crippen LogP) is 8.72. The lowest BCUT2D eigenvalue weighted by Crippen LogP contribution is -2.21. The normalized spacial score (nSPS) is 12.4. The molecule has 0 saturated carbocycles. The van der Waals surface area contributed by atoms with E-state index in [1.54, 1.807) is 0 Å². The molecule has 0 aromatic heterocycles. The third-order valence-electron chi connectivity index (χ3n) is 5.81. The molecule has 0 heterocycles. The van der Waals surface area contributed by atoms with Crippen LogP contribution in [0.1, 0.15) is 144 Å². The summed E-state index contributed by atoms with van der Waals surface area (Å²) in [5, 5.41) is 0.